The number of H-pyrrole nitrogens is 2. The van der Waals surface area contributed by atoms with Crippen molar-refractivity contribution in [2.24, 2.45) is 0 Å². The SMILES string of the molecule is O=C(NC1CCN(c2cc(-c3cccs3)[nH]n2)CC1)c1ccc[nH]1. The van der Waals surface area contributed by atoms with Crippen LogP contribution in [0.1, 0.15) is 23.3 Å². The van der Waals surface area contributed by atoms with Crippen LogP contribution in [0.15, 0.2) is 41.9 Å². The molecular formula is C17H19N5OS. The predicted molar refractivity (Wildman–Crippen MR) is 95.4 cm³/mol. The van der Waals surface area contributed by atoms with Gasteiger partial charge in [-0.25, -0.2) is 0 Å². The lowest BCUT2D eigenvalue weighted by Gasteiger charge is -2.32. The highest BCUT2D eigenvalue weighted by molar-refractivity contribution is 7.13. The first-order valence-corrected chi connectivity index (χ1v) is 8.96. The fraction of sp³-hybridized carbons (Fsp3) is 0.294. The topological polar surface area (TPSA) is 76.8 Å². The first-order chi connectivity index (χ1) is 11.8. The molecule has 0 saturated carbocycles. The molecule has 0 aliphatic carbocycles. The summed E-state index contributed by atoms with van der Waals surface area (Å²) in [7, 11) is 0. The molecule has 4 rings (SSSR count). The number of thiophene rings is 1. The third-order valence-electron chi connectivity index (χ3n) is 4.35. The Balaban J connectivity index is 1.34. The Bertz CT molecular complexity index is 785. The maximum Gasteiger partial charge on any atom is 0.267 e. The van der Waals surface area contributed by atoms with Crippen LogP contribution in [0.4, 0.5) is 5.82 Å². The summed E-state index contributed by atoms with van der Waals surface area (Å²) in [5.41, 5.74) is 1.67. The summed E-state index contributed by atoms with van der Waals surface area (Å²) < 4.78 is 0. The third-order valence-corrected chi connectivity index (χ3v) is 5.25. The summed E-state index contributed by atoms with van der Waals surface area (Å²) >= 11 is 1.70. The van der Waals surface area contributed by atoms with Crippen LogP contribution in [-0.4, -0.2) is 40.2 Å². The lowest BCUT2D eigenvalue weighted by atomic mass is 10.0. The predicted octanol–water partition coefficient (Wildman–Crippen LogP) is 2.87. The van der Waals surface area contributed by atoms with Crippen LogP contribution >= 0.6 is 11.3 Å². The fourth-order valence-electron chi connectivity index (χ4n) is 3.02. The Labute approximate surface area is 143 Å². The summed E-state index contributed by atoms with van der Waals surface area (Å²) in [6, 6.07) is 10.1. The standard InChI is InChI=1S/C17H19N5OS/c23-17(13-3-1-7-18-13)19-12-5-8-22(9-6-12)16-11-14(20-21-16)15-4-2-10-24-15/h1-4,7,10-12,18H,5-6,8-9H2,(H,19,23)(H,20,21). The Morgan fingerprint density at radius 3 is 2.88 bits per heavy atom. The van der Waals surface area contributed by atoms with Gasteiger partial charge in [0, 0.05) is 31.4 Å². The number of piperidine rings is 1. The van der Waals surface area contributed by atoms with Crippen molar-refractivity contribution in [3.63, 3.8) is 0 Å². The molecule has 6 nitrogen and oxygen atoms in total. The van der Waals surface area contributed by atoms with Crippen molar-refractivity contribution in [1.29, 1.82) is 0 Å². The zero-order valence-corrected chi connectivity index (χ0v) is 14.0. The smallest absolute Gasteiger partial charge is 0.267 e. The van der Waals surface area contributed by atoms with E-state index < -0.39 is 0 Å². The average molecular weight is 341 g/mol. The number of hydrogen-bond donors (Lipinski definition) is 3. The summed E-state index contributed by atoms with van der Waals surface area (Å²) in [5.74, 6) is 0.950. The second kappa shape index (κ2) is 6.52. The van der Waals surface area contributed by atoms with Crippen molar-refractivity contribution in [3.05, 3.63) is 47.6 Å². The van der Waals surface area contributed by atoms with Crippen molar-refractivity contribution in [3.8, 4) is 10.6 Å². The van der Waals surface area contributed by atoms with Crippen LogP contribution < -0.4 is 10.2 Å². The van der Waals surface area contributed by atoms with E-state index in [2.05, 4.69) is 42.9 Å². The van der Waals surface area contributed by atoms with Crippen LogP contribution in [0, 0.1) is 0 Å². The maximum atomic E-state index is 12.1. The molecule has 0 bridgehead atoms. The molecule has 0 unspecified atom stereocenters. The molecule has 1 fully saturated rings. The van der Waals surface area contributed by atoms with E-state index in [0.717, 1.165) is 37.4 Å². The highest BCUT2D eigenvalue weighted by atomic mass is 32.1. The van der Waals surface area contributed by atoms with Crippen molar-refractivity contribution >= 4 is 23.1 Å². The maximum absolute atomic E-state index is 12.1. The summed E-state index contributed by atoms with van der Waals surface area (Å²) in [6.07, 6.45) is 3.61. The second-order valence-electron chi connectivity index (χ2n) is 5.94. The number of carbonyl (C=O) groups excluding carboxylic acids is 1. The summed E-state index contributed by atoms with van der Waals surface area (Å²) in [6.45, 7) is 1.79. The highest BCUT2D eigenvalue weighted by Gasteiger charge is 2.23. The molecule has 3 aromatic rings. The molecule has 24 heavy (non-hydrogen) atoms. The number of amides is 1. The van der Waals surface area contributed by atoms with E-state index in [0.29, 0.717) is 5.69 Å². The molecule has 1 aliphatic heterocycles. The minimum absolute atomic E-state index is 0.0294. The van der Waals surface area contributed by atoms with Gasteiger partial charge >= 0.3 is 0 Å². The number of nitrogens with one attached hydrogen (secondary N) is 3. The van der Waals surface area contributed by atoms with E-state index in [4.69, 9.17) is 0 Å². The zero-order chi connectivity index (χ0) is 16.4. The van der Waals surface area contributed by atoms with Gasteiger partial charge in [-0.05, 0) is 36.4 Å². The Morgan fingerprint density at radius 2 is 2.17 bits per heavy atom. The lowest BCUT2D eigenvalue weighted by molar-refractivity contribution is 0.0926. The zero-order valence-electron chi connectivity index (χ0n) is 13.2. The molecular weight excluding hydrogens is 322 g/mol. The molecule has 1 amide bonds. The molecule has 124 valence electrons. The van der Waals surface area contributed by atoms with Crippen LogP contribution in [0.3, 0.4) is 0 Å². The minimum Gasteiger partial charge on any atom is -0.357 e. The van der Waals surface area contributed by atoms with E-state index in [1.54, 1.807) is 23.6 Å². The van der Waals surface area contributed by atoms with Crippen molar-refractivity contribution < 1.29 is 4.79 Å². The van der Waals surface area contributed by atoms with E-state index in [1.807, 2.05) is 12.1 Å². The number of aromatic amines is 2. The average Bonchev–Trinajstić information content (AvgIpc) is 3.35. The monoisotopic (exact) mass is 341 g/mol. The van der Waals surface area contributed by atoms with Crippen molar-refractivity contribution in [2.75, 3.05) is 18.0 Å². The Hall–Kier alpha value is -2.54. The molecule has 1 aliphatic rings. The highest BCUT2D eigenvalue weighted by Crippen LogP contribution is 2.27. The number of nitrogens with zero attached hydrogens (tertiary/aromatic N) is 2. The number of aromatic nitrogens is 3. The molecule has 4 heterocycles. The Kier molecular flexibility index (Phi) is 4.08. The van der Waals surface area contributed by atoms with Crippen LogP contribution in [-0.2, 0) is 0 Å². The van der Waals surface area contributed by atoms with E-state index in [9.17, 15) is 4.79 Å². The van der Waals surface area contributed by atoms with Gasteiger partial charge in [-0.1, -0.05) is 6.07 Å². The first-order valence-electron chi connectivity index (χ1n) is 8.08. The molecule has 7 heteroatoms. The number of anilines is 1. The van der Waals surface area contributed by atoms with Gasteiger partial charge in [-0.2, -0.15) is 5.10 Å². The largest absolute Gasteiger partial charge is 0.357 e. The van der Waals surface area contributed by atoms with Crippen LogP contribution in [0.25, 0.3) is 10.6 Å². The van der Waals surface area contributed by atoms with Crippen molar-refractivity contribution in [2.45, 2.75) is 18.9 Å². The van der Waals surface area contributed by atoms with Gasteiger partial charge < -0.3 is 15.2 Å². The normalized spacial score (nSPS) is 15.6. The minimum atomic E-state index is -0.0294. The number of hydrogen-bond acceptors (Lipinski definition) is 4. The van der Waals surface area contributed by atoms with Crippen molar-refractivity contribution in [1.82, 2.24) is 20.5 Å². The van der Waals surface area contributed by atoms with E-state index in [1.165, 1.54) is 4.88 Å². The van der Waals surface area contributed by atoms with Crippen LogP contribution in [0.5, 0.6) is 0 Å². The summed E-state index contributed by atoms with van der Waals surface area (Å²) in [5, 5.41) is 12.7. The number of carbonyl (C=O) groups is 1. The number of rotatable bonds is 4. The summed E-state index contributed by atoms with van der Waals surface area (Å²) in [4.78, 5) is 18.5. The first kappa shape index (κ1) is 15.0. The molecule has 0 atom stereocenters. The molecule has 0 aromatic carbocycles. The van der Waals surface area contributed by atoms with Gasteiger partial charge in [0.2, 0.25) is 0 Å². The quantitative estimate of drug-likeness (QED) is 0.683. The van der Waals surface area contributed by atoms with Crippen LogP contribution in [0.2, 0.25) is 0 Å². The van der Waals surface area contributed by atoms with Gasteiger partial charge in [0.1, 0.15) is 5.69 Å². The van der Waals surface area contributed by atoms with Gasteiger partial charge in [0.25, 0.3) is 5.91 Å². The third kappa shape index (κ3) is 3.07. The van der Waals surface area contributed by atoms with Gasteiger partial charge in [0.05, 0.1) is 10.6 Å². The van der Waals surface area contributed by atoms with E-state index >= 15 is 0 Å². The lowest BCUT2D eigenvalue weighted by Crippen LogP contribution is -2.44. The van der Waals surface area contributed by atoms with Gasteiger partial charge in [-0.15, -0.1) is 11.3 Å². The molecule has 1 saturated heterocycles. The molecule has 0 radical (unpaired) electrons. The van der Waals surface area contributed by atoms with Gasteiger partial charge in [-0.3, -0.25) is 9.89 Å². The Morgan fingerprint density at radius 1 is 1.29 bits per heavy atom. The van der Waals surface area contributed by atoms with E-state index in [-0.39, 0.29) is 11.9 Å². The second-order valence-corrected chi connectivity index (χ2v) is 6.88. The fourth-order valence-corrected chi connectivity index (χ4v) is 3.71. The van der Waals surface area contributed by atoms with Gasteiger partial charge in [0.15, 0.2) is 5.82 Å². The molecule has 3 aromatic heterocycles. The molecule has 3 N–H and O–H groups in total. The molecule has 0 spiro atoms.